The van der Waals surface area contributed by atoms with Crippen molar-refractivity contribution in [2.45, 2.75) is 58.5 Å². The van der Waals surface area contributed by atoms with E-state index in [1.165, 1.54) is 45.5 Å². The maximum absolute atomic E-state index is 13.4. The van der Waals surface area contributed by atoms with Crippen molar-refractivity contribution in [3.63, 3.8) is 0 Å². The van der Waals surface area contributed by atoms with Crippen molar-refractivity contribution in [1.82, 2.24) is 39.3 Å². The number of aryl methyl sites for hydroxylation is 4. The molecule has 0 bridgehead atoms. The lowest BCUT2D eigenvalue weighted by Crippen LogP contribution is -2.42. The Kier molecular flexibility index (Phi) is 13.0. The highest BCUT2D eigenvalue weighted by Crippen LogP contribution is 2.27. The van der Waals surface area contributed by atoms with Crippen LogP contribution in [0.2, 0.25) is 0 Å². The van der Waals surface area contributed by atoms with Gasteiger partial charge in [-0.15, -0.1) is 0 Å². The van der Waals surface area contributed by atoms with Gasteiger partial charge in [-0.3, -0.25) is 18.7 Å². The maximum atomic E-state index is 13.4. The summed E-state index contributed by atoms with van der Waals surface area (Å²) in [7, 11) is 3.26. The van der Waals surface area contributed by atoms with Gasteiger partial charge in [-0.1, -0.05) is 0 Å². The molecule has 8 rings (SSSR count). The Morgan fingerprint density at radius 1 is 0.721 bits per heavy atom. The van der Waals surface area contributed by atoms with Crippen molar-refractivity contribution in [1.29, 1.82) is 0 Å². The van der Waals surface area contributed by atoms with E-state index in [0.717, 1.165) is 38.8 Å². The fraction of sp³-hybridized carbons (Fsp3) is 0.372. The topological polar surface area (TPSA) is 180 Å². The molecule has 1 amide bonds. The molecule has 2 aromatic carbocycles. The lowest BCUT2D eigenvalue weighted by molar-refractivity contribution is 0.0983. The number of rotatable bonds is 9. The molecule has 0 saturated carbocycles. The molecule has 0 spiro atoms. The number of fused-ring (bicyclic) bond motifs is 2. The summed E-state index contributed by atoms with van der Waals surface area (Å²) in [6, 6.07) is 11.9. The Labute approximate surface area is 349 Å². The van der Waals surface area contributed by atoms with Crippen molar-refractivity contribution in [3.8, 4) is 23.0 Å². The van der Waals surface area contributed by atoms with Crippen LogP contribution in [0.15, 0.2) is 70.5 Å². The van der Waals surface area contributed by atoms with Crippen LogP contribution >= 0.6 is 0 Å². The largest absolute Gasteiger partial charge is 0.451 e. The van der Waals surface area contributed by atoms with E-state index in [0.29, 0.717) is 82.3 Å². The molecule has 2 saturated heterocycles. The molecule has 0 radical (unpaired) electrons. The Balaban J connectivity index is 0.000000186. The van der Waals surface area contributed by atoms with Crippen molar-refractivity contribution in [2.75, 3.05) is 43.4 Å². The summed E-state index contributed by atoms with van der Waals surface area (Å²) in [6.45, 7) is 8.69. The zero-order valence-corrected chi connectivity index (χ0v) is 34.6. The first-order valence-corrected chi connectivity index (χ1v) is 20.1. The second-order valence-electron chi connectivity index (χ2n) is 15.0. The number of likely N-dealkylation sites (tertiary alicyclic amines) is 1. The molecular weight excluding hydrogens is 791 g/mol. The number of anilines is 2. The molecule has 61 heavy (non-hydrogen) atoms. The van der Waals surface area contributed by atoms with E-state index in [-0.39, 0.29) is 46.4 Å². The first kappa shape index (κ1) is 42.4. The first-order chi connectivity index (χ1) is 29.4. The molecule has 3 N–H and O–H groups in total. The number of ether oxygens (including phenoxy) is 3. The number of hydrogen-bond acceptors (Lipinski definition) is 13. The van der Waals surface area contributed by atoms with E-state index in [2.05, 4.69) is 35.9 Å². The van der Waals surface area contributed by atoms with Gasteiger partial charge in [0.05, 0.1) is 6.61 Å². The normalized spacial score (nSPS) is 14.6. The molecule has 6 heterocycles. The highest BCUT2D eigenvalue weighted by molar-refractivity contribution is 5.78. The van der Waals surface area contributed by atoms with Crippen LogP contribution in [0.5, 0.6) is 23.0 Å². The molecule has 18 heteroatoms. The lowest BCUT2D eigenvalue weighted by atomic mass is 10.1. The van der Waals surface area contributed by atoms with Crippen LogP contribution in [0, 0.1) is 25.5 Å². The minimum atomic E-state index is -0.369. The lowest BCUT2D eigenvalue weighted by Gasteiger charge is -2.31. The first-order valence-electron chi connectivity index (χ1n) is 20.1. The number of nitrogens with zero attached hydrogens (tertiary/aromatic N) is 7. The summed E-state index contributed by atoms with van der Waals surface area (Å²) in [6.07, 6.45) is 6.50. The van der Waals surface area contributed by atoms with E-state index < -0.39 is 0 Å². The number of piperidine rings is 2. The average Bonchev–Trinajstić information content (AvgIpc) is 3.25. The van der Waals surface area contributed by atoms with Crippen LogP contribution in [0.4, 0.5) is 25.5 Å². The van der Waals surface area contributed by atoms with Gasteiger partial charge in [-0.05, 0) is 119 Å². The molecule has 0 atom stereocenters. The SMILES string of the molecule is CCOC(=O)N1CCC(Nc2ncc3cc(Oc4ccc(F)cc4C)c(=O)n(C)c3n2)CC1.Cc1cc(F)ccc1Oc1cc2cnc(NC3CCNCC3)nc2n(C)c1=O. The van der Waals surface area contributed by atoms with E-state index in [1.807, 2.05) is 0 Å². The fourth-order valence-electron chi connectivity index (χ4n) is 7.16. The fourth-order valence-corrected chi connectivity index (χ4v) is 7.16. The Hall–Kier alpha value is -6.69. The van der Waals surface area contributed by atoms with E-state index in [1.54, 1.807) is 64.3 Å². The minimum absolute atomic E-state index is 0.106. The van der Waals surface area contributed by atoms with Gasteiger partial charge >= 0.3 is 6.09 Å². The summed E-state index contributed by atoms with van der Waals surface area (Å²) < 4.78 is 46.1. The number of aromatic nitrogens is 6. The number of benzene rings is 2. The van der Waals surface area contributed by atoms with Gasteiger partial charge in [0, 0.05) is 62.4 Å². The molecule has 320 valence electrons. The van der Waals surface area contributed by atoms with Gasteiger partial charge in [0.15, 0.2) is 11.5 Å². The zero-order valence-electron chi connectivity index (χ0n) is 34.6. The molecule has 2 fully saturated rings. The van der Waals surface area contributed by atoms with Crippen molar-refractivity contribution in [2.24, 2.45) is 14.1 Å². The number of halogens is 2. The van der Waals surface area contributed by atoms with Crippen LogP contribution in [0.25, 0.3) is 22.1 Å². The van der Waals surface area contributed by atoms with Gasteiger partial charge in [0.25, 0.3) is 11.1 Å². The van der Waals surface area contributed by atoms with E-state index >= 15 is 0 Å². The zero-order chi connectivity index (χ0) is 43.2. The van der Waals surface area contributed by atoms with E-state index in [4.69, 9.17) is 14.2 Å². The number of pyridine rings is 2. The summed E-state index contributed by atoms with van der Waals surface area (Å²) in [4.78, 5) is 57.0. The number of carbonyl (C=O) groups excluding carboxylic acids is 1. The van der Waals surface area contributed by atoms with Crippen LogP contribution in [0.1, 0.15) is 43.7 Å². The van der Waals surface area contributed by atoms with Crippen LogP contribution in [-0.4, -0.2) is 84.9 Å². The second kappa shape index (κ2) is 18.7. The van der Waals surface area contributed by atoms with Crippen LogP contribution < -0.4 is 36.5 Å². The molecule has 4 aromatic heterocycles. The van der Waals surface area contributed by atoms with Gasteiger partial charge in [-0.2, -0.15) is 9.97 Å². The average molecular weight is 839 g/mol. The number of carbonyl (C=O) groups is 1. The third kappa shape index (κ3) is 10.0. The molecule has 2 aliphatic heterocycles. The number of nitrogens with one attached hydrogen (secondary N) is 3. The third-order valence-corrected chi connectivity index (χ3v) is 10.6. The van der Waals surface area contributed by atoms with Gasteiger partial charge < -0.3 is 35.1 Å². The molecule has 0 aliphatic carbocycles. The van der Waals surface area contributed by atoms with Crippen LogP contribution in [0.3, 0.4) is 0 Å². The Morgan fingerprint density at radius 2 is 1.18 bits per heavy atom. The van der Waals surface area contributed by atoms with E-state index in [9.17, 15) is 23.2 Å². The van der Waals surface area contributed by atoms with Crippen molar-refractivity contribution >= 4 is 40.1 Å². The van der Waals surface area contributed by atoms with Crippen LogP contribution in [-0.2, 0) is 18.8 Å². The molecule has 0 unspecified atom stereocenters. The van der Waals surface area contributed by atoms with Gasteiger partial charge in [0.1, 0.15) is 34.4 Å². The standard InChI is InChI=1S/C23H26FN5O4.C20H22FN5O2/c1-4-32-23(31)29-9-7-17(8-10-29)26-22-25-13-15-12-19(21(30)28(3)20(15)27-22)33-18-6-5-16(24)11-14(18)2;1-12-9-14(21)3-4-16(12)28-17-10-13-11-23-20(24-15-5-7-22-8-6-15)25-18(13)26(2)19(17)27/h5-6,11-13,17H,4,7-10H2,1-3H3,(H,25,26,27);3-4,9-11,15,22H,5-8H2,1-2H3,(H,23,24,25). The predicted octanol–water partition coefficient (Wildman–Crippen LogP) is 6.33. The summed E-state index contributed by atoms with van der Waals surface area (Å²) in [5.74, 6) is 1.30. The van der Waals surface area contributed by atoms with Crippen molar-refractivity contribution < 1.29 is 27.8 Å². The van der Waals surface area contributed by atoms with Gasteiger partial charge in [-0.25, -0.2) is 23.5 Å². The summed E-state index contributed by atoms with van der Waals surface area (Å²) in [5, 5.41) is 11.3. The smallest absolute Gasteiger partial charge is 0.409 e. The second-order valence-corrected chi connectivity index (χ2v) is 15.0. The minimum Gasteiger partial charge on any atom is -0.451 e. The molecule has 2 aliphatic rings. The van der Waals surface area contributed by atoms with Gasteiger partial charge in [0.2, 0.25) is 11.9 Å². The molecule has 16 nitrogen and oxygen atoms in total. The molecular formula is C43H48F2N10O6. The predicted molar refractivity (Wildman–Crippen MR) is 227 cm³/mol. The maximum Gasteiger partial charge on any atom is 0.409 e. The molecule has 6 aromatic rings. The summed E-state index contributed by atoms with van der Waals surface area (Å²) in [5.41, 5.74) is 1.51. The third-order valence-electron chi connectivity index (χ3n) is 10.6. The Morgan fingerprint density at radius 3 is 1.62 bits per heavy atom. The summed E-state index contributed by atoms with van der Waals surface area (Å²) >= 11 is 0. The highest BCUT2D eigenvalue weighted by atomic mass is 19.1. The van der Waals surface area contributed by atoms with Crippen molar-refractivity contribution in [3.05, 3.63) is 104 Å². The number of amides is 1. The monoisotopic (exact) mass is 838 g/mol. The Bertz CT molecular complexity index is 2680. The quantitative estimate of drug-likeness (QED) is 0.147. The highest BCUT2D eigenvalue weighted by Gasteiger charge is 2.24. The number of hydrogen-bond donors (Lipinski definition) is 3.